The fourth-order valence-electron chi connectivity index (χ4n) is 3.11. The van der Waals surface area contributed by atoms with E-state index < -0.39 is 23.9 Å². The van der Waals surface area contributed by atoms with Gasteiger partial charge < -0.3 is 20.1 Å². The van der Waals surface area contributed by atoms with Crippen molar-refractivity contribution in [3.05, 3.63) is 60.2 Å². The number of rotatable bonds is 6. The van der Waals surface area contributed by atoms with Crippen molar-refractivity contribution in [3.8, 4) is 5.75 Å². The van der Waals surface area contributed by atoms with Gasteiger partial charge in [0.15, 0.2) is 0 Å². The molecular formula is C21H22F3N3O4. The van der Waals surface area contributed by atoms with Crippen LogP contribution in [0.25, 0.3) is 0 Å². The number of nitrogens with zero attached hydrogens (tertiary/aromatic N) is 1. The first kappa shape index (κ1) is 22.6. The summed E-state index contributed by atoms with van der Waals surface area (Å²) in [6.45, 7) is 2.79. The molecule has 7 nitrogen and oxygen atoms in total. The fourth-order valence-corrected chi connectivity index (χ4v) is 3.11. The summed E-state index contributed by atoms with van der Waals surface area (Å²) in [5.74, 6) is -2.16. The van der Waals surface area contributed by atoms with Crippen molar-refractivity contribution in [2.45, 2.75) is 12.5 Å². The summed E-state index contributed by atoms with van der Waals surface area (Å²) in [7, 11) is 0. The number of ether oxygens (including phenoxy) is 2. The summed E-state index contributed by atoms with van der Waals surface area (Å²) in [6, 6.07) is 14.4. The topological polar surface area (TPSA) is 79.9 Å². The average Bonchev–Trinajstić information content (AvgIpc) is 2.75. The molecule has 0 radical (unpaired) electrons. The van der Waals surface area contributed by atoms with Gasteiger partial charge in [-0.25, -0.2) is 0 Å². The van der Waals surface area contributed by atoms with Crippen molar-refractivity contribution in [2.75, 3.05) is 38.1 Å². The number of hydrogen-bond donors (Lipinski definition) is 2. The van der Waals surface area contributed by atoms with Crippen molar-refractivity contribution in [1.82, 2.24) is 10.2 Å². The Bertz CT molecular complexity index is 876. The number of benzene rings is 2. The lowest BCUT2D eigenvalue weighted by molar-refractivity contribution is -0.274. The SMILES string of the molecule is O=C(NCCN1CCO[C@@H](c2ccccc2)C1)C(=O)Nc1ccc(OC(F)(F)F)cc1. The van der Waals surface area contributed by atoms with E-state index >= 15 is 0 Å². The molecule has 1 saturated heterocycles. The highest BCUT2D eigenvalue weighted by molar-refractivity contribution is 6.39. The summed E-state index contributed by atoms with van der Waals surface area (Å²) in [5.41, 5.74) is 1.26. The van der Waals surface area contributed by atoms with Crippen LogP contribution in [0.3, 0.4) is 0 Å². The lowest BCUT2D eigenvalue weighted by Crippen LogP contribution is -2.44. The van der Waals surface area contributed by atoms with Gasteiger partial charge in [0.25, 0.3) is 0 Å². The summed E-state index contributed by atoms with van der Waals surface area (Å²) in [6.07, 6.45) is -4.84. The van der Waals surface area contributed by atoms with E-state index in [1.54, 1.807) is 0 Å². The number of carbonyl (C=O) groups excluding carboxylic acids is 2. The molecule has 3 rings (SSSR count). The molecule has 2 aromatic carbocycles. The fraction of sp³-hybridized carbons (Fsp3) is 0.333. The summed E-state index contributed by atoms with van der Waals surface area (Å²) >= 11 is 0. The van der Waals surface area contributed by atoms with Crippen LogP contribution >= 0.6 is 0 Å². The highest BCUT2D eigenvalue weighted by Crippen LogP contribution is 2.24. The first-order valence-corrected chi connectivity index (χ1v) is 9.64. The van der Waals surface area contributed by atoms with Gasteiger partial charge in [0.1, 0.15) is 5.75 Å². The van der Waals surface area contributed by atoms with E-state index in [1.807, 2.05) is 30.3 Å². The van der Waals surface area contributed by atoms with E-state index in [9.17, 15) is 22.8 Å². The van der Waals surface area contributed by atoms with E-state index in [-0.39, 0.29) is 18.3 Å². The monoisotopic (exact) mass is 437 g/mol. The van der Waals surface area contributed by atoms with Gasteiger partial charge in [-0.3, -0.25) is 14.5 Å². The van der Waals surface area contributed by atoms with Gasteiger partial charge in [-0.1, -0.05) is 30.3 Å². The summed E-state index contributed by atoms with van der Waals surface area (Å²) < 4.78 is 46.0. The Hall–Kier alpha value is -3.11. The predicted molar refractivity (Wildman–Crippen MR) is 106 cm³/mol. The molecule has 1 heterocycles. The van der Waals surface area contributed by atoms with Gasteiger partial charge in [-0.15, -0.1) is 13.2 Å². The van der Waals surface area contributed by atoms with Crippen LogP contribution in [0.5, 0.6) is 5.75 Å². The maximum atomic E-state index is 12.2. The zero-order valence-corrected chi connectivity index (χ0v) is 16.5. The number of anilines is 1. The van der Waals surface area contributed by atoms with Crippen LogP contribution < -0.4 is 15.4 Å². The van der Waals surface area contributed by atoms with Crippen LogP contribution in [0.15, 0.2) is 54.6 Å². The Kier molecular flexibility index (Phi) is 7.48. The molecule has 1 atom stereocenters. The number of morpholine rings is 1. The number of hydrogen-bond acceptors (Lipinski definition) is 5. The third kappa shape index (κ3) is 7.26. The molecule has 0 aliphatic carbocycles. The second-order valence-electron chi connectivity index (χ2n) is 6.85. The molecule has 1 aliphatic rings. The van der Waals surface area contributed by atoms with Crippen LogP contribution in [0.1, 0.15) is 11.7 Å². The van der Waals surface area contributed by atoms with E-state index in [1.165, 1.54) is 12.1 Å². The summed E-state index contributed by atoms with van der Waals surface area (Å²) in [5, 5.41) is 4.87. The van der Waals surface area contributed by atoms with Crippen LogP contribution in [0.2, 0.25) is 0 Å². The molecule has 0 unspecified atom stereocenters. The minimum Gasteiger partial charge on any atom is -0.406 e. The zero-order chi connectivity index (χ0) is 22.3. The van der Waals surface area contributed by atoms with Gasteiger partial charge in [-0.05, 0) is 29.8 Å². The van der Waals surface area contributed by atoms with E-state index in [0.717, 1.165) is 24.2 Å². The molecule has 0 spiro atoms. The number of nitrogens with one attached hydrogen (secondary N) is 2. The quantitative estimate of drug-likeness (QED) is 0.680. The van der Waals surface area contributed by atoms with E-state index in [0.29, 0.717) is 19.7 Å². The summed E-state index contributed by atoms with van der Waals surface area (Å²) in [4.78, 5) is 26.1. The van der Waals surface area contributed by atoms with Crippen molar-refractivity contribution in [2.24, 2.45) is 0 Å². The Morgan fingerprint density at radius 2 is 1.77 bits per heavy atom. The van der Waals surface area contributed by atoms with Crippen molar-refractivity contribution >= 4 is 17.5 Å². The van der Waals surface area contributed by atoms with Gasteiger partial charge in [0, 0.05) is 31.9 Å². The van der Waals surface area contributed by atoms with Crippen LogP contribution in [0, 0.1) is 0 Å². The van der Waals surface area contributed by atoms with E-state index in [2.05, 4.69) is 20.3 Å². The highest BCUT2D eigenvalue weighted by Gasteiger charge is 2.31. The second kappa shape index (κ2) is 10.3. The Labute approximate surface area is 177 Å². The molecule has 2 aromatic rings. The van der Waals surface area contributed by atoms with Crippen molar-refractivity contribution in [3.63, 3.8) is 0 Å². The minimum atomic E-state index is -4.80. The van der Waals surface area contributed by atoms with Crippen LogP contribution in [0.4, 0.5) is 18.9 Å². The predicted octanol–water partition coefficient (Wildman–Crippen LogP) is 2.71. The molecule has 0 bridgehead atoms. The standard InChI is InChI=1S/C21H22F3N3O4/c22-21(23,24)31-17-8-6-16(7-9-17)26-20(29)19(28)25-10-11-27-12-13-30-18(14-27)15-4-2-1-3-5-15/h1-9,18H,10-14H2,(H,25,28)(H,26,29)/t18-/m1/s1. The Morgan fingerprint density at radius 1 is 1.06 bits per heavy atom. The maximum Gasteiger partial charge on any atom is 0.573 e. The molecule has 166 valence electrons. The molecule has 2 amide bonds. The third-order valence-electron chi connectivity index (χ3n) is 4.59. The molecule has 0 aromatic heterocycles. The molecule has 10 heteroatoms. The minimum absolute atomic E-state index is 0.0433. The lowest BCUT2D eigenvalue weighted by Gasteiger charge is -2.33. The third-order valence-corrected chi connectivity index (χ3v) is 4.59. The first-order chi connectivity index (χ1) is 14.8. The first-order valence-electron chi connectivity index (χ1n) is 9.64. The molecular weight excluding hydrogens is 415 g/mol. The Balaban J connectivity index is 1.40. The van der Waals surface area contributed by atoms with Gasteiger partial charge in [0.2, 0.25) is 0 Å². The van der Waals surface area contributed by atoms with Crippen LogP contribution in [-0.4, -0.2) is 55.9 Å². The maximum absolute atomic E-state index is 12.2. The molecule has 2 N–H and O–H groups in total. The number of amides is 2. The largest absolute Gasteiger partial charge is 0.573 e. The van der Waals surface area contributed by atoms with Crippen LogP contribution in [-0.2, 0) is 14.3 Å². The molecule has 1 aliphatic heterocycles. The van der Waals surface area contributed by atoms with Crippen molar-refractivity contribution < 1.29 is 32.2 Å². The lowest BCUT2D eigenvalue weighted by atomic mass is 10.1. The Morgan fingerprint density at radius 3 is 2.45 bits per heavy atom. The van der Waals surface area contributed by atoms with Gasteiger partial charge in [-0.2, -0.15) is 0 Å². The normalized spacial score (nSPS) is 17.1. The number of carbonyl (C=O) groups is 2. The number of halogens is 3. The second-order valence-corrected chi connectivity index (χ2v) is 6.85. The van der Waals surface area contributed by atoms with E-state index in [4.69, 9.17) is 4.74 Å². The van der Waals surface area contributed by atoms with Gasteiger partial charge in [0.05, 0.1) is 12.7 Å². The molecule has 31 heavy (non-hydrogen) atoms. The van der Waals surface area contributed by atoms with Gasteiger partial charge >= 0.3 is 18.2 Å². The average molecular weight is 437 g/mol. The molecule has 1 fully saturated rings. The van der Waals surface area contributed by atoms with Crippen molar-refractivity contribution in [1.29, 1.82) is 0 Å². The number of alkyl halides is 3. The smallest absolute Gasteiger partial charge is 0.406 e. The zero-order valence-electron chi connectivity index (χ0n) is 16.5. The highest BCUT2D eigenvalue weighted by atomic mass is 19.4. The molecule has 0 saturated carbocycles.